The van der Waals surface area contributed by atoms with Crippen molar-refractivity contribution < 1.29 is 4.39 Å². The van der Waals surface area contributed by atoms with Crippen LogP contribution in [0.4, 0.5) is 4.39 Å². The van der Waals surface area contributed by atoms with Gasteiger partial charge in [0.2, 0.25) is 0 Å². The van der Waals surface area contributed by atoms with Crippen molar-refractivity contribution in [1.29, 1.82) is 0 Å². The Labute approximate surface area is 103 Å². The maximum Gasteiger partial charge on any atom is 0.126 e. The Morgan fingerprint density at radius 1 is 1.41 bits per heavy atom. The van der Waals surface area contributed by atoms with Crippen molar-refractivity contribution in [2.75, 3.05) is 6.54 Å². The third-order valence-electron chi connectivity index (χ3n) is 3.60. The van der Waals surface area contributed by atoms with Gasteiger partial charge in [-0.25, -0.2) is 4.39 Å². The van der Waals surface area contributed by atoms with Crippen LogP contribution in [0.2, 0.25) is 0 Å². The van der Waals surface area contributed by atoms with Gasteiger partial charge in [-0.05, 0) is 49.4 Å². The van der Waals surface area contributed by atoms with Gasteiger partial charge in [0, 0.05) is 6.04 Å². The van der Waals surface area contributed by atoms with Crippen molar-refractivity contribution >= 4 is 0 Å². The summed E-state index contributed by atoms with van der Waals surface area (Å²) >= 11 is 0. The van der Waals surface area contributed by atoms with Crippen molar-refractivity contribution in [3.63, 3.8) is 0 Å². The van der Waals surface area contributed by atoms with Crippen LogP contribution >= 0.6 is 0 Å². The fourth-order valence-electron chi connectivity index (χ4n) is 2.33. The molecule has 2 heteroatoms. The van der Waals surface area contributed by atoms with E-state index in [1.54, 1.807) is 6.07 Å². The lowest BCUT2D eigenvalue weighted by Gasteiger charge is -2.19. The molecule has 17 heavy (non-hydrogen) atoms. The van der Waals surface area contributed by atoms with Gasteiger partial charge in [-0.1, -0.05) is 31.9 Å². The minimum Gasteiger partial charge on any atom is -0.310 e. The van der Waals surface area contributed by atoms with Crippen molar-refractivity contribution in [2.45, 2.75) is 45.6 Å². The van der Waals surface area contributed by atoms with Gasteiger partial charge >= 0.3 is 0 Å². The van der Waals surface area contributed by atoms with Crippen LogP contribution in [0.15, 0.2) is 18.2 Å². The molecule has 1 atom stereocenters. The fourth-order valence-corrected chi connectivity index (χ4v) is 2.33. The van der Waals surface area contributed by atoms with E-state index in [1.807, 2.05) is 19.1 Å². The quantitative estimate of drug-likeness (QED) is 0.786. The Hall–Kier alpha value is -0.890. The zero-order valence-corrected chi connectivity index (χ0v) is 10.8. The zero-order valence-electron chi connectivity index (χ0n) is 10.8. The van der Waals surface area contributed by atoms with Crippen LogP contribution in [0, 0.1) is 18.7 Å². The van der Waals surface area contributed by atoms with E-state index in [9.17, 15) is 4.39 Å². The van der Waals surface area contributed by atoms with E-state index in [0.29, 0.717) is 6.04 Å². The maximum absolute atomic E-state index is 13.3. The minimum atomic E-state index is -0.105. The molecular weight excluding hydrogens is 213 g/mol. The van der Waals surface area contributed by atoms with Crippen LogP contribution < -0.4 is 5.32 Å². The van der Waals surface area contributed by atoms with Crippen LogP contribution in [0.3, 0.4) is 0 Å². The third kappa shape index (κ3) is 3.53. The van der Waals surface area contributed by atoms with Gasteiger partial charge in [0.1, 0.15) is 5.82 Å². The molecule has 2 rings (SSSR count). The Kier molecular flexibility index (Phi) is 4.16. The van der Waals surface area contributed by atoms with Crippen LogP contribution in [0.5, 0.6) is 0 Å². The van der Waals surface area contributed by atoms with Crippen LogP contribution in [-0.2, 0) is 0 Å². The summed E-state index contributed by atoms with van der Waals surface area (Å²) in [6, 6.07) is 5.88. The molecule has 1 saturated carbocycles. The standard InChI is InChI=1S/C15H22FN/c1-3-17-15(9-6-12-4-5-12)13-7-8-14(16)11(2)10-13/h7-8,10,12,15,17H,3-6,9H2,1-2H3. The second-order valence-electron chi connectivity index (χ2n) is 5.14. The maximum atomic E-state index is 13.3. The molecule has 0 saturated heterocycles. The Morgan fingerprint density at radius 2 is 2.18 bits per heavy atom. The number of nitrogens with one attached hydrogen (secondary N) is 1. The molecule has 0 heterocycles. The molecule has 0 bridgehead atoms. The second kappa shape index (κ2) is 5.63. The van der Waals surface area contributed by atoms with Crippen molar-refractivity contribution in [1.82, 2.24) is 5.32 Å². The van der Waals surface area contributed by atoms with Gasteiger partial charge in [0.15, 0.2) is 0 Å². The SMILES string of the molecule is CCNC(CCC1CC1)c1ccc(F)c(C)c1. The molecule has 94 valence electrons. The van der Waals surface area contributed by atoms with E-state index in [4.69, 9.17) is 0 Å². The average molecular weight is 235 g/mol. The minimum absolute atomic E-state index is 0.105. The summed E-state index contributed by atoms with van der Waals surface area (Å²) in [7, 11) is 0. The second-order valence-corrected chi connectivity index (χ2v) is 5.14. The van der Waals surface area contributed by atoms with Gasteiger partial charge in [-0.2, -0.15) is 0 Å². The smallest absolute Gasteiger partial charge is 0.126 e. The van der Waals surface area contributed by atoms with Crippen molar-refractivity contribution in [3.05, 3.63) is 35.1 Å². The molecule has 1 aliphatic rings. The van der Waals surface area contributed by atoms with E-state index in [-0.39, 0.29) is 5.82 Å². The van der Waals surface area contributed by atoms with Gasteiger partial charge < -0.3 is 5.32 Å². The summed E-state index contributed by atoms with van der Waals surface area (Å²) < 4.78 is 13.3. The molecular formula is C15H22FN. The van der Waals surface area contributed by atoms with E-state index in [2.05, 4.69) is 12.2 Å². The third-order valence-corrected chi connectivity index (χ3v) is 3.60. The first kappa shape index (κ1) is 12.6. The summed E-state index contributed by atoms with van der Waals surface area (Å²) in [6.45, 7) is 4.93. The highest BCUT2D eigenvalue weighted by Crippen LogP contribution is 2.36. The summed E-state index contributed by atoms with van der Waals surface area (Å²) in [4.78, 5) is 0. The Morgan fingerprint density at radius 3 is 2.76 bits per heavy atom. The lowest BCUT2D eigenvalue weighted by molar-refractivity contribution is 0.480. The topological polar surface area (TPSA) is 12.0 Å². The first-order valence-electron chi connectivity index (χ1n) is 6.70. The molecule has 0 spiro atoms. The highest BCUT2D eigenvalue weighted by molar-refractivity contribution is 5.26. The number of aryl methyl sites for hydroxylation is 1. The number of rotatable bonds is 6. The predicted molar refractivity (Wildman–Crippen MR) is 69.5 cm³/mol. The fraction of sp³-hybridized carbons (Fsp3) is 0.600. The van der Waals surface area contributed by atoms with E-state index in [0.717, 1.165) is 18.0 Å². The van der Waals surface area contributed by atoms with Crippen molar-refractivity contribution in [3.8, 4) is 0 Å². The summed E-state index contributed by atoms with van der Waals surface area (Å²) in [5.74, 6) is 0.851. The summed E-state index contributed by atoms with van der Waals surface area (Å²) in [6.07, 6.45) is 5.28. The Bertz CT molecular complexity index is 371. The molecule has 1 nitrogen and oxygen atoms in total. The molecule has 1 aromatic carbocycles. The number of hydrogen-bond acceptors (Lipinski definition) is 1. The van der Waals surface area contributed by atoms with Gasteiger partial charge in [0.25, 0.3) is 0 Å². The lowest BCUT2D eigenvalue weighted by atomic mass is 9.98. The monoisotopic (exact) mass is 235 g/mol. The molecule has 1 aliphatic carbocycles. The van der Waals surface area contributed by atoms with Crippen LogP contribution in [0.1, 0.15) is 49.8 Å². The van der Waals surface area contributed by atoms with E-state index >= 15 is 0 Å². The number of benzene rings is 1. The zero-order chi connectivity index (χ0) is 12.3. The predicted octanol–water partition coefficient (Wildman–Crippen LogP) is 3.97. The molecule has 1 fully saturated rings. The molecule has 0 aromatic heterocycles. The summed E-state index contributed by atoms with van der Waals surface area (Å²) in [5.41, 5.74) is 1.98. The average Bonchev–Trinajstić information content (AvgIpc) is 3.12. The van der Waals surface area contributed by atoms with Gasteiger partial charge in [-0.15, -0.1) is 0 Å². The molecule has 1 aromatic rings. The van der Waals surface area contributed by atoms with Gasteiger partial charge in [-0.3, -0.25) is 0 Å². The normalized spacial score (nSPS) is 17.1. The molecule has 1 unspecified atom stereocenters. The van der Waals surface area contributed by atoms with E-state index in [1.165, 1.54) is 31.2 Å². The van der Waals surface area contributed by atoms with Crippen LogP contribution in [-0.4, -0.2) is 6.54 Å². The van der Waals surface area contributed by atoms with Gasteiger partial charge in [0.05, 0.1) is 0 Å². The lowest BCUT2D eigenvalue weighted by Crippen LogP contribution is -2.21. The largest absolute Gasteiger partial charge is 0.310 e. The van der Waals surface area contributed by atoms with Crippen molar-refractivity contribution in [2.24, 2.45) is 5.92 Å². The molecule has 1 N–H and O–H groups in total. The number of hydrogen-bond donors (Lipinski definition) is 1. The summed E-state index contributed by atoms with van der Waals surface area (Å²) in [5, 5.41) is 3.51. The van der Waals surface area contributed by atoms with E-state index < -0.39 is 0 Å². The molecule has 0 radical (unpaired) electrons. The Balaban J connectivity index is 2.03. The molecule has 0 amide bonds. The first-order chi connectivity index (χ1) is 8.20. The number of halogens is 1. The van der Waals surface area contributed by atoms with Crippen LogP contribution in [0.25, 0.3) is 0 Å². The first-order valence-corrected chi connectivity index (χ1v) is 6.70. The highest BCUT2D eigenvalue weighted by atomic mass is 19.1. The molecule has 0 aliphatic heterocycles. The highest BCUT2D eigenvalue weighted by Gasteiger charge is 2.22.